The highest BCUT2D eigenvalue weighted by Gasteiger charge is 2.30. The summed E-state index contributed by atoms with van der Waals surface area (Å²) in [6.45, 7) is 3.05. The van der Waals surface area contributed by atoms with Gasteiger partial charge in [0, 0.05) is 18.7 Å². The summed E-state index contributed by atoms with van der Waals surface area (Å²) in [5.74, 6) is 0.547. The molecule has 1 atom stereocenters. The first-order valence-electron chi connectivity index (χ1n) is 9.57. The number of methoxy groups -OCH3 is 2. The summed E-state index contributed by atoms with van der Waals surface area (Å²) in [7, 11) is -0.823. The van der Waals surface area contributed by atoms with Crippen LogP contribution in [0.5, 0.6) is 11.5 Å². The number of nitrogens with one attached hydrogen (secondary N) is 1. The van der Waals surface area contributed by atoms with Gasteiger partial charge in [0.2, 0.25) is 10.0 Å². The van der Waals surface area contributed by atoms with Gasteiger partial charge in [-0.1, -0.05) is 12.1 Å². The Morgan fingerprint density at radius 2 is 1.73 bits per heavy atom. The SMILES string of the molecule is COc1ccc([C@H](C)NC(=O)c2ccc(OC)c(S(=O)(=O)N3CCOCC3)c2)cc1. The third-order valence-corrected chi connectivity index (χ3v) is 6.90. The van der Waals surface area contributed by atoms with Gasteiger partial charge in [-0.25, -0.2) is 8.42 Å². The standard InChI is InChI=1S/C21H26N2O6S/c1-15(16-4-7-18(27-2)8-5-16)22-21(24)17-6-9-19(28-3)20(14-17)30(25,26)23-10-12-29-13-11-23/h4-9,14-15H,10-13H2,1-3H3,(H,22,24)/t15-/m0/s1. The fraction of sp³-hybridized carbons (Fsp3) is 0.381. The Kier molecular flexibility index (Phi) is 6.96. The molecule has 0 radical (unpaired) electrons. The first-order chi connectivity index (χ1) is 14.4. The predicted octanol–water partition coefficient (Wildman–Crippen LogP) is 2.22. The summed E-state index contributed by atoms with van der Waals surface area (Å²) in [5, 5.41) is 2.90. The van der Waals surface area contributed by atoms with Gasteiger partial charge in [-0.15, -0.1) is 0 Å². The second-order valence-corrected chi connectivity index (χ2v) is 8.76. The van der Waals surface area contributed by atoms with Crippen molar-refractivity contribution in [1.82, 2.24) is 9.62 Å². The molecule has 3 rings (SSSR count). The van der Waals surface area contributed by atoms with Gasteiger partial charge >= 0.3 is 0 Å². The molecule has 30 heavy (non-hydrogen) atoms. The molecule has 9 heteroatoms. The lowest BCUT2D eigenvalue weighted by molar-refractivity contribution is 0.0729. The molecular weight excluding hydrogens is 408 g/mol. The minimum absolute atomic E-state index is 0.0309. The first-order valence-corrected chi connectivity index (χ1v) is 11.0. The van der Waals surface area contributed by atoms with Crippen LogP contribution in [0.2, 0.25) is 0 Å². The Balaban J connectivity index is 1.83. The molecule has 1 amide bonds. The molecule has 0 aliphatic carbocycles. The van der Waals surface area contributed by atoms with Crippen molar-refractivity contribution in [2.75, 3.05) is 40.5 Å². The van der Waals surface area contributed by atoms with Crippen molar-refractivity contribution in [1.29, 1.82) is 0 Å². The molecule has 1 saturated heterocycles. The van der Waals surface area contributed by atoms with Crippen LogP contribution in [0.3, 0.4) is 0 Å². The number of sulfonamides is 1. The van der Waals surface area contributed by atoms with Crippen LogP contribution < -0.4 is 14.8 Å². The Morgan fingerprint density at radius 1 is 1.07 bits per heavy atom. The number of rotatable bonds is 7. The lowest BCUT2D eigenvalue weighted by atomic mass is 10.1. The number of nitrogens with zero attached hydrogens (tertiary/aromatic N) is 1. The van der Waals surface area contributed by atoms with Crippen molar-refractivity contribution in [3.05, 3.63) is 53.6 Å². The van der Waals surface area contributed by atoms with E-state index in [9.17, 15) is 13.2 Å². The van der Waals surface area contributed by atoms with Crippen LogP contribution in [-0.2, 0) is 14.8 Å². The quantitative estimate of drug-likeness (QED) is 0.718. The maximum Gasteiger partial charge on any atom is 0.251 e. The molecular formula is C21H26N2O6S. The van der Waals surface area contributed by atoms with Crippen LogP contribution in [0.25, 0.3) is 0 Å². The maximum atomic E-state index is 13.1. The summed E-state index contributed by atoms with van der Waals surface area (Å²) in [5.41, 5.74) is 1.14. The van der Waals surface area contributed by atoms with E-state index in [1.165, 1.54) is 23.5 Å². The van der Waals surface area contributed by atoms with Crippen LogP contribution >= 0.6 is 0 Å². The first kappa shape index (κ1) is 22.1. The van der Waals surface area contributed by atoms with E-state index >= 15 is 0 Å². The van der Waals surface area contributed by atoms with E-state index in [2.05, 4.69) is 5.32 Å². The minimum Gasteiger partial charge on any atom is -0.497 e. The largest absolute Gasteiger partial charge is 0.497 e. The Bertz CT molecular complexity index is 985. The molecule has 0 saturated carbocycles. The van der Waals surface area contributed by atoms with Gasteiger partial charge in [0.15, 0.2) is 0 Å². The number of ether oxygens (including phenoxy) is 3. The molecule has 0 unspecified atom stereocenters. The van der Waals surface area contributed by atoms with Crippen LogP contribution in [0, 0.1) is 0 Å². The second kappa shape index (κ2) is 9.46. The highest BCUT2D eigenvalue weighted by Crippen LogP contribution is 2.29. The molecule has 8 nitrogen and oxygen atoms in total. The summed E-state index contributed by atoms with van der Waals surface area (Å²) in [6, 6.07) is 11.5. The van der Waals surface area contributed by atoms with Crippen LogP contribution in [-0.4, -0.2) is 59.2 Å². The molecule has 1 N–H and O–H groups in total. The molecule has 0 bridgehead atoms. The number of hydrogen-bond acceptors (Lipinski definition) is 6. The van der Waals surface area contributed by atoms with Gasteiger partial charge in [-0.05, 0) is 42.8 Å². The normalized spacial score (nSPS) is 16.0. The minimum atomic E-state index is -3.81. The number of carbonyl (C=O) groups excluding carboxylic acids is 1. The molecule has 1 aliphatic heterocycles. The zero-order valence-corrected chi connectivity index (χ0v) is 18.1. The molecule has 0 spiro atoms. The van der Waals surface area contributed by atoms with Gasteiger partial charge in [-0.2, -0.15) is 4.31 Å². The molecule has 162 valence electrons. The summed E-state index contributed by atoms with van der Waals surface area (Å²) in [6.07, 6.45) is 0. The fourth-order valence-corrected chi connectivity index (χ4v) is 4.79. The van der Waals surface area contributed by atoms with Crippen LogP contribution in [0.1, 0.15) is 28.9 Å². The molecule has 2 aromatic rings. The van der Waals surface area contributed by atoms with Gasteiger partial charge < -0.3 is 19.5 Å². The highest BCUT2D eigenvalue weighted by molar-refractivity contribution is 7.89. The Labute approximate surface area is 176 Å². The van der Waals surface area contributed by atoms with Crippen molar-refractivity contribution in [3.63, 3.8) is 0 Å². The zero-order valence-electron chi connectivity index (χ0n) is 17.3. The summed E-state index contributed by atoms with van der Waals surface area (Å²) < 4.78 is 43.2. The number of benzene rings is 2. The van der Waals surface area contributed by atoms with Crippen molar-refractivity contribution in [3.8, 4) is 11.5 Å². The lowest BCUT2D eigenvalue weighted by Gasteiger charge is -2.26. The third kappa shape index (κ3) is 4.75. The van der Waals surface area contributed by atoms with Crippen LogP contribution in [0.4, 0.5) is 0 Å². The number of amides is 1. The van der Waals surface area contributed by atoms with E-state index in [1.807, 2.05) is 31.2 Å². The predicted molar refractivity (Wildman–Crippen MR) is 111 cm³/mol. The topological polar surface area (TPSA) is 94.2 Å². The molecule has 1 aliphatic rings. The van der Waals surface area contributed by atoms with Gasteiger partial charge in [0.1, 0.15) is 16.4 Å². The summed E-state index contributed by atoms with van der Waals surface area (Å²) >= 11 is 0. The molecule has 1 fully saturated rings. The fourth-order valence-electron chi connectivity index (χ4n) is 3.20. The van der Waals surface area contributed by atoms with Gasteiger partial charge in [-0.3, -0.25) is 4.79 Å². The third-order valence-electron chi connectivity index (χ3n) is 4.98. The van der Waals surface area contributed by atoms with Crippen molar-refractivity contribution in [2.24, 2.45) is 0 Å². The van der Waals surface area contributed by atoms with E-state index in [1.54, 1.807) is 13.2 Å². The molecule has 2 aromatic carbocycles. The van der Waals surface area contributed by atoms with E-state index < -0.39 is 10.0 Å². The Hall–Kier alpha value is -2.62. The van der Waals surface area contributed by atoms with Crippen molar-refractivity contribution < 1.29 is 27.4 Å². The van der Waals surface area contributed by atoms with E-state index in [-0.39, 0.29) is 41.2 Å². The molecule has 0 aromatic heterocycles. The van der Waals surface area contributed by atoms with Crippen LogP contribution in [0.15, 0.2) is 47.4 Å². The van der Waals surface area contributed by atoms with Crippen molar-refractivity contribution >= 4 is 15.9 Å². The summed E-state index contributed by atoms with van der Waals surface area (Å²) in [4.78, 5) is 12.8. The highest BCUT2D eigenvalue weighted by atomic mass is 32.2. The number of hydrogen-bond donors (Lipinski definition) is 1. The lowest BCUT2D eigenvalue weighted by Crippen LogP contribution is -2.40. The van der Waals surface area contributed by atoms with Crippen molar-refractivity contribution in [2.45, 2.75) is 17.9 Å². The van der Waals surface area contributed by atoms with E-state index in [0.717, 1.165) is 11.3 Å². The van der Waals surface area contributed by atoms with Gasteiger partial charge in [0.05, 0.1) is 33.5 Å². The number of morpholine rings is 1. The smallest absolute Gasteiger partial charge is 0.251 e. The van der Waals surface area contributed by atoms with Gasteiger partial charge in [0.25, 0.3) is 5.91 Å². The number of carbonyl (C=O) groups is 1. The maximum absolute atomic E-state index is 13.1. The zero-order chi connectivity index (χ0) is 21.7. The van der Waals surface area contributed by atoms with E-state index in [4.69, 9.17) is 14.2 Å². The second-order valence-electron chi connectivity index (χ2n) is 6.85. The molecule has 1 heterocycles. The monoisotopic (exact) mass is 434 g/mol. The average Bonchev–Trinajstić information content (AvgIpc) is 2.79. The van der Waals surface area contributed by atoms with E-state index in [0.29, 0.717) is 13.2 Å². The Morgan fingerprint density at radius 3 is 2.33 bits per heavy atom. The average molecular weight is 435 g/mol.